The summed E-state index contributed by atoms with van der Waals surface area (Å²) >= 11 is 11.4. The van der Waals surface area contributed by atoms with Gasteiger partial charge in [-0.25, -0.2) is 9.79 Å². The maximum atomic E-state index is 12.8. The molecule has 1 aliphatic rings. The summed E-state index contributed by atoms with van der Waals surface area (Å²) in [6.45, 7) is 1.92. The number of hydrogen-bond acceptors (Lipinski definition) is 8. The molecule has 3 aromatic carbocycles. The van der Waals surface area contributed by atoms with Gasteiger partial charge in [0.05, 0.1) is 34.2 Å². The van der Waals surface area contributed by atoms with Crippen molar-refractivity contribution in [2.24, 2.45) is 4.99 Å². The SMILES string of the molecule is CCOC(=O)C1=C(O)/C(=C/c2cc(I)c(OCc3ccc([N+](=O)[O-])cc3)c(I)c2)SC1=NC(=O)c1ccccc1Cl. The molecule has 1 heterocycles. The van der Waals surface area contributed by atoms with E-state index < -0.39 is 16.8 Å². The highest BCUT2D eigenvalue weighted by Crippen LogP contribution is 2.40. The second-order valence-corrected chi connectivity index (χ2v) is 12.0. The number of aliphatic imine (C=N–C) groups is 1. The first-order valence-corrected chi connectivity index (χ1v) is 15.2. The van der Waals surface area contributed by atoms with Gasteiger partial charge in [-0.3, -0.25) is 14.9 Å². The van der Waals surface area contributed by atoms with Gasteiger partial charge >= 0.3 is 5.97 Å². The Morgan fingerprint density at radius 2 is 1.78 bits per heavy atom. The molecule has 1 N–H and O–H groups in total. The predicted molar refractivity (Wildman–Crippen MR) is 174 cm³/mol. The van der Waals surface area contributed by atoms with Crippen LogP contribution in [-0.4, -0.2) is 33.6 Å². The number of nitro groups is 1. The molecule has 3 aromatic rings. The number of esters is 1. The zero-order valence-electron chi connectivity index (χ0n) is 21.1. The van der Waals surface area contributed by atoms with E-state index in [1.807, 2.05) is 12.1 Å². The lowest BCUT2D eigenvalue weighted by Crippen LogP contribution is -2.14. The van der Waals surface area contributed by atoms with Crippen LogP contribution in [0.15, 0.2) is 81.9 Å². The van der Waals surface area contributed by atoms with Crippen molar-refractivity contribution in [2.75, 3.05) is 6.61 Å². The monoisotopic (exact) mass is 816 g/mol. The molecule has 0 bridgehead atoms. The van der Waals surface area contributed by atoms with Gasteiger partial charge in [0.2, 0.25) is 0 Å². The van der Waals surface area contributed by atoms with Crippen molar-refractivity contribution < 1.29 is 29.1 Å². The molecule has 41 heavy (non-hydrogen) atoms. The molecule has 9 nitrogen and oxygen atoms in total. The molecule has 0 radical (unpaired) electrons. The largest absolute Gasteiger partial charge is 0.506 e. The second-order valence-electron chi connectivity index (χ2n) is 8.28. The molecular weight excluding hydrogens is 798 g/mol. The number of hydrogen-bond donors (Lipinski definition) is 1. The summed E-state index contributed by atoms with van der Waals surface area (Å²) in [5.74, 6) is -1.17. The highest BCUT2D eigenvalue weighted by molar-refractivity contribution is 14.1. The van der Waals surface area contributed by atoms with Crippen molar-refractivity contribution in [3.8, 4) is 5.75 Å². The topological polar surface area (TPSA) is 128 Å². The van der Waals surface area contributed by atoms with Crippen LogP contribution in [-0.2, 0) is 16.1 Å². The van der Waals surface area contributed by atoms with Crippen molar-refractivity contribution >= 4 is 97.2 Å². The van der Waals surface area contributed by atoms with Gasteiger partial charge in [-0.1, -0.05) is 35.5 Å². The molecule has 1 aliphatic heterocycles. The number of nitro benzene ring substituents is 1. The van der Waals surface area contributed by atoms with E-state index in [0.29, 0.717) is 16.2 Å². The Morgan fingerprint density at radius 1 is 1.12 bits per heavy atom. The summed E-state index contributed by atoms with van der Waals surface area (Å²) < 4.78 is 12.7. The number of non-ortho nitro benzene ring substituents is 1. The molecular formula is C28H19ClI2N2O7S. The number of carbonyl (C=O) groups is 2. The molecule has 0 spiro atoms. The van der Waals surface area contributed by atoms with Gasteiger partial charge in [-0.05, 0) is 106 Å². The summed E-state index contributed by atoms with van der Waals surface area (Å²) in [5, 5.41) is 22.1. The maximum Gasteiger partial charge on any atom is 0.344 e. The molecule has 0 aromatic heterocycles. The van der Waals surface area contributed by atoms with Crippen LogP contribution in [0, 0.1) is 17.3 Å². The molecule has 1 amide bonds. The van der Waals surface area contributed by atoms with Crippen LogP contribution < -0.4 is 4.74 Å². The molecule has 0 saturated heterocycles. The fraction of sp³-hybridized carbons (Fsp3) is 0.107. The lowest BCUT2D eigenvalue weighted by molar-refractivity contribution is -0.384. The average Bonchev–Trinajstić information content (AvgIpc) is 3.22. The van der Waals surface area contributed by atoms with E-state index in [9.17, 15) is 24.8 Å². The van der Waals surface area contributed by atoms with Gasteiger partial charge in [0.15, 0.2) is 0 Å². The summed E-state index contributed by atoms with van der Waals surface area (Å²) in [5.41, 5.74) is 1.45. The number of rotatable bonds is 8. The van der Waals surface area contributed by atoms with E-state index >= 15 is 0 Å². The number of aliphatic hydroxyl groups is 1. The van der Waals surface area contributed by atoms with Gasteiger partial charge in [0, 0.05) is 12.1 Å². The number of carbonyl (C=O) groups excluding carboxylic acids is 2. The summed E-state index contributed by atoms with van der Waals surface area (Å²) in [7, 11) is 0. The van der Waals surface area contributed by atoms with Crippen LogP contribution >= 0.6 is 68.5 Å². The molecule has 0 unspecified atom stereocenters. The molecule has 0 aliphatic carbocycles. The van der Waals surface area contributed by atoms with Gasteiger partial charge < -0.3 is 14.6 Å². The fourth-order valence-corrected chi connectivity index (χ4v) is 6.96. The molecule has 0 atom stereocenters. The van der Waals surface area contributed by atoms with E-state index in [1.54, 1.807) is 43.3 Å². The zero-order valence-corrected chi connectivity index (χ0v) is 27.0. The van der Waals surface area contributed by atoms with Gasteiger partial charge in [-0.15, -0.1) is 0 Å². The number of aliphatic hydroxyl groups excluding tert-OH is 1. The predicted octanol–water partition coefficient (Wildman–Crippen LogP) is 7.74. The number of halogens is 3. The van der Waals surface area contributed by atoms with Crippen molar-refractivity contribution in [3.63, 3.8) is 0 Å². The number of amides is 1. The van der Waals surface area contributed by atoms with Gasteiger partial charge in [0.1, 0.15) is 28.7 Å². The quantitative estimate of drug-likeness (QED) is 0.106. The number of benzene rings is 3. The van der Waals surface area contributed by atoms with Crippen LogP contribution in [0.1, 0.15) is 28.4 Å². The normalized spacial score (nSPS) is 14.9. The molecule has 210 valence electrons. The molecule has 13 heteroatoms. The Balaban J connectivity index is 1.61. The van der Waals surface area contributed by atoms with E-state index in [1.165, 1.54) is 18.2 Å². The van der Waals surface area contributed by atoms with E-state index in [4.69, 9.17) is 21.1 Å². The summed E-state index contributed by atoms with van der Waals surface area (Å²) in [6, 6.07) is 16.2. The van der Waals surface area contributed by atoms with Crippen LogP contribution in [0.25, 0.3) is 6.08 Å². The Hall–Kier alpha value is -2.95. The maximum absolute atomic E-state index is 12.8. The third kappa shape index (κ3) is 7.47. The average molecular weight is 817 g/mol. The molecule has 0 fully saturated rings. The summed E-state index contributed by atoms with van der Waals surface area (Å²) in [6.07, 6.45) is 1.67. The Labute approximate surface area is 271 Å². The standard InChI is InChI=1S/C28H19ClI2N2O7S/c1-2-39-28(36)23-24(34)22(41-27(23)32-26(35)18-5-3-4-6-19(18)29)13-16-11-20(30)25(21(31)12-16)40-14-15-7-9-17(10-8-15)33(37)38/h3-13,34H,2,14H2,1H3/b22-13-,32-27?. The first-order chi connectivity index (χ1) is 19.6. The van der Waals surface area contributed by atoms with E-state index in [0.717, 1.165) is 24.5 Å². The van der Waals surface area contributed by atoms with E-state index in [-0.39, 0.29) is 45.9 Å². The first kappa shape index (κ1) is 31.0. The highest BCUT2D eigenvalue weighted by atomic mass is 127. The van der Waals surface area contributed by atoms with Crippen molar-refractivity contribution in [1.82, 2.24) is 0 Å². The minimum absolute atomic E-state index is 0.00423. The second kappa shape index (κ2) is 13.8. The Kier molecular flexibility index (Phi) is 10.4. The third-order valence-electron chi connectivity index (χ3n) is 5.53. The molecule has 4 rings (SSSR count). The van der Waals surface area contributed by atoms with Crippen molar-refractivity contribution in [3.05, 3.63) is 116 Å². The smallest absolute Gasteiger partial charge is 0.344 e. The Bertz CT molecular complexity index is 1620. The van der Waals surface area contributed by atoms with Crippen LogP contribution in [0.5, 0.6) is 5.75 Å². The third-order valence-corrected chi connectivity index (χ3v) is 8.48. The van der Waals surface area contributed by atoms with Crippen molar-refractivity contribution in [1.29, 1.82) is 0 Å². The number of ether oxygens (including phenoxy) is 2. The zero-order chi connectivity index (χ0) is 29.7. The van der Waals surface area contributed by atoms with Gasteiger partial charge in [0.25, 0.3) is 11.6 Å². The van der Waals surface area contributed by atoms with Gasteiger partial charge in [-0.2, -0.15) is 0 Å². The lowest BCUT2D eigenvalue weighted by atomic mass is 10.1. The summed E-state index contributed by atoms with van der Waals surface area (Å²) in [4.78, 5) is 40.4. The van der Waals surface area contributed by atoms with Crippen LogP contribution in [0.2, 0.25) is 5.02 Å². The van der Waals surface area contributed by atoms with E-state index in [2.05, 4.69) is 50.2 Å². The highest BCUT2D eigenvalue weighted by Gasteiger charge is 2.34. The number of nitrogens with zero attached hydrogens (tertiary/aromatic N) is 2. The minimum Gasteiger partial charge on any atom is -0.506 e. The van der Waals surface area contributed by atoms with Crippen molar-refractivity contribution in [2.45, 2.75) is 13.5 Å². The number of thioether (sulfide) groups is 1. The first-order valence-electron chi connectivity index (χ1n) is 11.8. The van der Waals surface area contributed by atoms with Crippen LogP contribution in [0.3, 0.4) is 0 Å². The minimum atomic E-state index is -0.800. The van der Waals surface area contributed by atoms with Crippen LogP contribution in [0.4, 0.5) is 5.69 Å². The lowest BCUT2D eigenvalue weighted by Gasteiger charge is -2.12. The fourth-order valence-electron chi connectivity index (χ4n) is 3.60. The Morgan fingerprint density at radius 3 is 2.39 bits per heavy atom. The molecule has 0 saturated carbocycles.